The smallest absolute Gasteiger partial charge is 0.234 e. The highest BCUT2D eigenvalue weighted by Crippen LogP contribution is 2.23. The molecule has 0 saturated heterocycles. The number of hydrogen-bond acceptors (Lipinski definition) is 5. The molecule has 0 bridgehead atoms. The Balaban J connectivity index is 1.82. The maximum atomic E-state index is 11.9. The molecule has 0 aliphatic carbocycles. The molecule has 2 heterocycles. The Hall–Kier alpha value is -1.24. The first-order chi connectivity index (χ1) is 9.88. The summed E-state index contributed by atoms with van der Waals surface area (Å²) >= 11 is 3.29. The third-order valence-electron chi connectivity index (χ3n) is 3.26. The summed E-state index contributed by atoms with van der Waals surface area (Å²) in [5.74, 6) is 0.00385. The molecule has 21 heavy (non-hydrogen) atoms. The quantitative estimate of drug-likeness (QED) is 0.859. The molecule has 0 fully saturated rings. The molecule has 4 nitrogen and oxygen atoms in total. The van der Waals surface area contributed by atoms with Crippen LogP contribution in [0, 0.1) is 13.8 Å². The number of thiazole rings is 1. The van der Waals surface area contributed by atoms with Crippen molar-refractivity contribution in [1.29, 1.82) is 0 Å². The third-order valence-corrected chi connectivity index (χ3v) is 5.57. The van der Waals surface area contributed by atoms with E-state index in [0.717, 1.165) is 10.7 Å². The minimum atomic E-state index is -0.297. The van der Waals surface area contributed by atoms with E-state index in [1.165, 1.54) is 10.4 Å². The van der Waals surface area contributed by atoms with Crippen LogP contribution in [0.25, 0.3) is 0 Å². The van der Waals surface area contributed by atoms with Gasteiger partial charge < -0.3 is 5.32 Å². The molecule has 114 valence electrons. The number of amides is 1. The normalized spacial score (nSPS) is 11.6. The average molecular weight is 323 g/mol. The van der Waals surface area contributed by atoms with E-state index in [1.54, 1.807) is 22.7 Å². The van der Waals surface area contributed by atoms with E-state index in [1.807, 2.05) is 31.5 Å². The zero-order chi connectivity index (χ0) is 15.5. The van der Waals surface area contributed by atoms with E-state index in [2.05, 4.69) is 28.6 Å². The molecule has 1 amide bonds. The Labute approximate surface area is 133 Å². The van der Waals surface area contributed by atoms with Crippen LogP contribution >= 0.6 is 22.7 Å². The van der Waals surface area contributed by atoms with Gasteiger partial charge in [0.05, 0.1) is 18.6 Å². The Morgan fingerprint density at radius 3 is 2.67 bits per heavy atom. The lowest BCUT2D eigenvalue weighted by Gasteiger charge is -2.23. The first-order valence-corrected chi connectivity index (χ1v) is 8.62. The van der Waals surface area contributed by atoms with Gasteiger partial charge in [-0.3, -0.25) is 10.1 Å². The van der Waals surface area contributed by atoms with Gasteiger partial charge in [0.25, 0.3) is 0 Å². The highest BCUT2D eigenvalue weighted by molar-refractivity contribution is 7.10. The molecular formula is C15H21N3OS2. The lowest BCUT2D eigenvalue weighted by Crippen LogP contribution is -2.43. The summed E-state index contributed by atoms with van der Waals surface area (Å²) in [5, 5.41) is 11.3. The van der Waals surface area contributed by atoms with Crippen LogP contribution in [0.2, 0.25) is 0 Å². The predicted octanol–water partition coefficient (Wildman–Crippen LogP) is 2.96. The standard InChI is InChI=1S/C15H21N3OS2/c1-10-5-6-20-12(10)7-16-13(19)8-17-15(3,4)14-18-11(2)9-21-14/h5-6,9,17H,7-8H2,1-4H3,(H,16,19). The Morgan fingerprint density at radius 2 is 2.10 bits per heavy atom. The molecule has 2 aromatic heterocycles. The first-order valence-electron chi connectivity index (χ1n) is 6.86. The van der Waals surface area contributed by atoms with E-state index in [-0.39, 0.29) is 18.0 Å². The molecule has 0 aliphatic rings. The van der Waals surface area contributed by atoms with E-state index >= 15 is 0 Å². The molecule has 0 saturated carbocycles. The van der Waals surface area contributed by atoms with E-state index in [4.69, 9.17) is 0 Å². The van der Waals surface area contributed by atoms with Crippen LogP contribution in [0.1, 0.15) is 35.0 Å². The minimum absolute atomic E-state index is 0.00385. The highest BCUT2D eigenvalue weighted by Gasteiger charge is 2.24. The van der Waals surface area contributed by atoms with Crippen molar-refractivity contribution in [2.24, 2.45) is 0 Å². The topological polar surface area (TPSA) is 54.0 Å². The van der Waals surface area contributed by atoms with Crippen LogP contribution in [-0.2, 0) is 16.9 Å². The number of carbonyl (C=O) groups is 1. The van der Waals surface area contributed by atoms with Crippen molar-refractivity contribution in [3.63, 3.8) is 0 Å². The second kappa shape index (κ2) is 6.68. The number of aromatic nitrogens is 1. The summed E-state index contributed by atoms with van der Waals surface area (Å²) in [6.07, 6.45) is 0. The monoisotopic (exact) mass is 323 g/mol. The Morgan fingerprint density at radius 1 is 1.33 bits per heavy atom. The number of carbonyl (C=O) groups excluding carboxylic acids is 1. The fourth-order valence-electron chi connectivity index (χ4n) is 1.84. The van der Waals surface area contributed by atoms with Gasteiger partial charge in [-0.1, -0.05) is 0 Å². The Bertz CT molecular complexity index is 616. The van der Waals surface area contributed by atoms with Crippen molar-refractivity contribution in [2.45, 2.75) is 39.8 Å². The maximum Gasteiger partial charge on any atom is 0.234 e. The molecule has 2 rings (SSSR count). The van der Waals surface area contributed by atoms with Gasteiger partial charge in [0.1, 0.15) is 5.01 Å². The van der Waals surface area contributed by atoms with Crippen molar-refractivity contribution in [3.8, 4) is 0 Å². The molecule has 0 radical (unpaired) electrons. The lowest BCUT2D eigenvalue weighted by atomic mass is 10.1. The molecule has 0 aromatic carbocycles. The van der Waals surface area contributed by atoms with Crippen LogP contribution in [0.15, 0.2) is 16.8 Å². The van der Waals surface area contributed by atoms with Crippen LogP contribution in [0.4, 0.5) is 0 Å². The van der Waals surface area contributed by atoms with Crippen LogP contribution in [-0.4, -0.2) is 17.4 Å². The molecule has 0 aliphatic heterocycles. The van der Waals surface area contributed by atoms with Crippen LogP contribution in [0.5, 0.6) is 0 Å². The lowest BCUT2D eigenvalue weighted by molar-refractivity contribution is -0.120. The van der Waals surface area contributed by atoms with Gasteiger partial charge in [-0.2, -0.15) is 0 Å². The van der Waals surface area contributed by atoms with Crippen molar-refractivity contribution in [1.82, 2.24) is 15.6 Å². The minimum Gasteiger partial charge on any atom is -0.350 e. The number of hydrogen-bond donors (Lipinski definition) is 2. The second-order valence-electron chi connectivity index (χ2n) is 5.58. The number of nitrogens with zero attached hydrogens (tertiary/aromatic N) is 1. The summed E-state index contributed by atoms with van der Waals surface area (Å²) in [4.78, 5) is 17.6. The SMILES string of the molecule is Cc1csc(C(C)(C)NCC(=O)NCc2sccc2C)n1. The molecule has 2 aromatic rings. The summed E-state index contributed by atoms with van der Waals surface area (Å²) in [6, 6.07) is 2.07. The van der Waals surface area contributed by atoms with Crippen LogP contribution < -0.4 is 10.6 Å². The molecule has 0 spiro atoms. The third kappa shape index (κ3) is 4.36. The van der Waals surface area contributed by atoms with Crippen molar-refractivity contribution >= 4 is 28.6 Å². The molecular weight excluding hydrogens is 302 g/mol. The van der Waals surface area contributed by atoms with Crippen molar-refractivity contribution in [3.05, 3.63) is 38.0 Å². The molecule has 6 heteroatoms. The zero-order valence-electron chi connectivity index (χ0n) is 12.8. The number of aryl methyl sites for hydroxylation is 2. The second-order valence-corrected chi connectivity index (χ2v) is 7.43. The summed E-state index contributed by atoms with van der Waals surface area (Å²) in [5.41, 5.74) is 1.95. The van der Waals surface area contributed by atoms with E-state index in [0.29, 0.717) is 6.54 Å². The average Bonchev–Trinajstić information content (AvgIpc) is 3.03. The maximum absolute atomic E-state index is 11.9. The molecule has 2 N–H and O–H groups in total. The van der Waals surface area contributed by atoms with Gasteiger partial charge in [0, 0.05) is 16.0 Å². The van der Waals surface area contributed by atoms with Gasteiger partial charge in [-0.25, -0.2) is 4.98 Å². The first kappa shape index (κ1) is 16.1. The number of thiophene rings is 1. The van der Waals surface area contributed by atoms with Gasteiger partial charge in [-0.15, -0.1) is 22.7 Å². The van der Waals surface area contributed by atoms with Gasteiger partial charge in [0.15, 0.2) is 0 Å². The van der Waals surface area contributed by atoms with Gasteiger partial charge in [-0.05, 0) is 44.7 Å². The fourth-order valence-corrected chi connectivity index (χ4v) is 3.59. The summed E-state index contributed by atoms with van der Waals surface area (Å²) in [7, 11) is 0. The van der Waals surface area contributed by atoms with Gasteiger partial charge >= 0.3 is 0 Å². The highest BCUT2D eigenvalue weighted by atomic mass is 32.1. The molecule has 0 atom stereocenters. The van der Waals surface area contributed by atoms with E-state index in [9.17, 15) is 4.79 Å². The largest absolute Gasteiger partial charge is 0.350 e. The van der Waals surface area contributed by atoms with Crippen LogP contribution in [0.3, 0.4) is 0 Å². The zero-order valence-corrected chi connectivity index (χ0v) is 14.5. The number of rotatable bonds is 6. The van der Waals surface area contributed by atoms with Crippen molar-refractivity contribution < 1.29 is 4.79 Å². The van der Waals surface area contributed by atoms with Gasteiger partial charge in [0.2, 0.25) is 5.91 Å². The predicted molar refractivity (Wildman–Crippen MR) is 88.8 cm³/mol. The van der Waals surface area contributed by atoms with Crippen molar-refractivity contribution in [2.75, 3.05) is 6.54 Å². The fraction of sp³-hybridized carbons (Fsp3) is 0.467. The summed E-state index contributed by atoms with van der Waals surface area (Å²) in [6.45, 7) is 9.01. The van der Waals surface area contributed by atoms with E-state index < -0.39 is 0 Å². The number of nitrogens with one attached hydrogen (secondary N) is 2. The molecule has 0 unspecified atom stereocenters. The summed E-state index contributed by atoms with van der Waals surface area (Å²) < 4.78 is 0. The Kier molecular flexibility index (Phi) is 5.13.